The lowest BCUT2D eigenvalue weighted by atomic mass is 9.63. The third-order valence-corrected chi connectivity index (χ3v) is 4.80. The lowest BCUT2D eigenvalue weighted by Gasteiger charge is -2.39. The van der Waals surface area contributed by atoms with Gasteiger partial charge in [0.15, 0.2) is 0 Å². The summed E-state index contributed by atoms with van der Waals surface area (Å²) < 4.78 is 29.9. The zero-order valence-electron chi connectivity index (χ0n) is 17.8. The van der Waals surface area contributed by atoms with Crippen LogP contribution < -0.4 is 10.1 Å². The Labute approximate surface area is 175 Å². The van der Waals surface area contributed by atoms with Crippen molar-refractivity contribution in [3.63, 3.8) is 0 Å². The summed E-state index contributed by atoms with van der Waals surface area (Å²) in [5, 5.41) is 2.62. The Morgan fingerprint density at radius 3 is 2.43 bits per heavy atom. The van der Waals surface area contributed by atoms with E-state index in [0.717, 1.165) is 5.56 Å². The van der Waals surface area contributed by atoms with E-state index >= 15 is 0 Å². The first-order valence-electron chi connectivity index (χ1n) is 9.94. The van der Waals surface area contributed by atoms with E-state index in [0.29, 0.717) is 11.4 Å². The van der Waals surface area contributed by atoms with Crippen LogP contribution in [0.4, 0.5) is 14.5 Å². The Hall–Kier alpha value is -2.90. The van der Waals surface area contributed by atoms with E-state index in [-0.39, 0.29) is 36.1 Å². The van der Waals surface area contributed by atoms with Crippen LogP contribution in [0.15, 0.2) is 30.5 Å². The standard InChI is InChI=1S/C20H21F2N3O3.C2H6/c1-11(2)14-5-4-8-23-16(14)20(9-13(26)10-20)18(27)25-15-7-6-12(3)24-17(15)28-19(21)22;1-2/h4-8,11,19H,9-10H2,1-3H3,(H,25,27);1-2H3. The van der Waals surface area contributed by atoms with Crippen molar-refractivity contribution in [2.24, 2.45) is 0 Å². The monoisotopic (exact) mass is 419 g/mol. The van der Waals surface area contributed by atoms with Gasteiger partial charge in [0.2, 0.25) is 11.8 Å². The number of hydrogen-bond donors (Lipinski definition) is 1. The zero-order valence-corrected chi connectivity index (χ0v) is 17.8. The number of ether oxygens (including phenoxy) is 1. The van der Waals surface area contributed by atoms with E-state index in [1.165, 1.54) is 6.07 Å². The average Bonchev–Trinajstić information content (AvgIpc) is 2.68. The van der Waals surface area contributed by atoms with Crippen molar-refractivity contribution >= 4 is 17.4 Å². The molecule has 1 N–H and O–H groups in total. The van der Waals surface area contributed by atoms with Gasteiger partial charge in [-0.2, -0.15) is 8.78 Å². The van der Waals surface area contributed by atoms with Crippen molar-refractivity contribution in [1.82, 2.24) is 9.97 Å². The molecular formula is C22H27F2N3O3. The van der Waals surface area contributed by atoms with Crippen molar-refractivity contribution in [3.05, 3.63) is 47.4 Å². The van der Waals surface area contributed by atoms with Crippen LogP contribution in [0.5, 0.6) is 5.88 Å². The third kappa shape index (κ3) is 4.80. The minimum Gasteiger partial charge on any atom is -0.415 e. The van der Waals surface area contributed by atoms with Crippen molar-refractivity contribution in [2.45, 2.75) is 65.4 Å². The highest BCUT2D eigenvalue weighted by Gasteiger charge is 2.53. The molecular weight excluding hydrogens is 392 g/mol. The molecule has 1 saturated carbocycles. The molecule has 8 heteroatoms. The molecule has 1 aliphatic carbocycles. The number of aryl methyl sites for hydroxylation is 1. The van der Waals surface area contributed by atoms with Crippen LogP contribution >= 0.6 is 0 Å². The Morgan fingerprint density at radius 1 is 1.20 bits per heavy atom. The van der Waals surface area contributed by atoms with Crippen LogP contribution in [-0.2, 0) is 15.0 Å². The lowest BCUT2D eigenvalue weighted by Crippen LogP contribution is -2.52. The summed E-state index contributed by atoms with van der Waals surface area (Å²) in [5.41, 5.74) is 0.769. The molecule has 162 valence electrons. The van der Waals surface area contributed by atoms with E-state index in [1.807, 2.05) is 33.8 Å². The molecule has 0 spiro atoms. The van der Waals surface area contributed by atoms with Crippen LogP contribution in [0.2, 0.25) is 0 Å². The van der Waals surface area contributed by atoms with Gasteiger partial charge in [-0.25, -0.2) is 4.98 Å². The second-order valence-corrected chi connectivity index (χ2v) is 7.21. The van der Waals surface area contributed by atoms with Gasteiger partial charge in [-0.15, -0.1) is 0 Å². The number of nitrogens with one attached hydrogen (secondary N) is 1. The fraction of sp³-hybridized carbons (Fsp3) is 0.455. The molecule has 0 unspecified atom stereocenters. The molecule has 0 radical (unpaired) electrons. The molecule has 2 aromatic heterocycles. The number of aromatic nitrogens is 2. The number of alkyl halides is 2. The lowest BCUT2D eigenvalue weighted by molar-refractivity contribution is -0.138. The summed E-state index contributed by atoms with van der Waals surface area (Å²) in [5.74, 6) is -0.809. The molecule has 0 saturated heterocycles. The normalized spacial score (nSPS) is 14.6. The molecule has 6 nitrogen and oxygen atoms in total. The smallest absolute Gasteiger partial charge is 0.388 e. The molecule has 1 aliphatic rings. The molecule has 1 fully saturated rings. The third-order valence-electron chi connectivity index (χ3n) is 4.80. The number of Topliss-reactive ketones (excluding diaryl/α,β-unsaturated/α-hetero) is 1. The number of halogens is 2. The van der Waals surface area contributed by atoms with Crippen molar-refractivity contribution in [2.75, 3.05) is 5.32 Å². The second kappa shape index (κ2) is 9.73. The van der Waals surface area contributed by atoms with Gasteiger partial charge in [0.05, 0.1) is 5.69 Å². The minimum absolute atomic E-state index is 0.0138. The molecule has 0 aliphatic heterocycles. The van der Waals surface area contributed by atoms with Gasteiger partial charge in [0.1, 0.15) is 16.9 Å². The predicted molar refractivity (Wildman–Crippen MR) is 110 cm³/mol. The molecule has 1 amide bonds. The number of hydrogen-bond acceptors (Lipinski definition) is 5. The topological polar surface area (TPSA) is 81.2 Å². The fourth-order valence-corrected chi connectivity index (χ4v) is 3.38. The number of rotatable bonds is 6. The van der Waals surface area contributed by atoms with Crippen molar-refractivity contribution < 1.29 is 23.1 Å². The van der Waals surface area contributed by atoms with Crippen LogP contribution in [0.25, 0.3) is 0 Å². The van der Waals surface area contributed by atoms with E-state index in [1.54, 1.807) is 25.3 Å². The summed E-state index contributed by atoms with van der Waals surface area (Å²) in [6, 6.07) is 6.69. The van der Waals surface area contributed by atoms with Gasteiger partial charge in [-0.05, 0) is 36.6 Å². The van der Waals surface area contributed by atoms with Gasteiger partial charge in [-0.3, -0.25) is 14.6 Å². The fourth-order valence-electron chi connectivity index (χ4n) is 3.38. The van der Waals surface area contributed by atoms with Gasteiger partial charge in [0.25, 0.3) is 0 Å². The molecule has 30 heavy (non-hydrogen) atoms. The molecule has 0 atom stereocenters. The van der Waals surface area contributed by atoms with Crippen LogP contribution in [0.3, 0.4) is 0 Å². The van der Waals surface area contributed by atoms with Gasteiger partial charge < -0.3 is 10.1 Å². The number of ketones is 1. The van der Waals surface area contributed by atoms with Gasteiger partial charge in [-0.1, -0.05) is 33.8 Å². The highest BCUT2D eigenvalue weighted by molar-refractivity contribution is 6.09. The molecule has 3 rings (SSSR count). The number of amides is 1. The number of carbonyl (C=O) groups is 2. The van der Waals surface area contributed by atoms with Crippen LogP contribution in [0, 0.1) is 6.92 Å². The highest BCUT2D eigenvalue weighted by Crippen LogP contribution is 2.44. The maximum absolute atomic E-state index is 13.2. The van der Waals surface area contributed by atoms with E-state index in [4.69, 9.17) is 0 Å². The number of nitrogens with zero attached hydrogens (tertiary/aromatic N) is 2. The first-order chi connectivity index (χ1) is 14.2. The van der Waals surface area contributed by atoms with Crippen molar-refractivity contribution in [1.29, 1.82) is 0 Å². The molecule has 2 aromatic rings. The summed E-state index contributed by atoms with van der Waals surface area (Å²) in [4.78, 5) is 33.3. The highest BCUT2D eigenvalue weighted by atomic mass is 19.3. The predicted octanol–water partition coefficient (Wildman–Crippen LogP) is 4.78. The molecule has 2 heterocycles. The summed E-state index contributed by atoms with van der Waals surface area (Å²) >= 11 is 0. The quantitative estimate of drug-likeness (QED) is 0.729. The summed E-state index contributed by atoms with van der Waals surface area (Å²) in [7, 11) is 0. The first kappa shape index (κ1) is 23.4. The largest absolute Gasteiger partial charge is 0.415 e. The molecule has 0 bridgehead atoms. The van der Waals surface area contributed by atoms with E-state index in [2.05, 4.69) is 20.0 Å². The Morgan fingerprint density at radius 2 is 1.87 bits per heavy atom. The Bertz CT molecular complexity index is 908. The summed E-state index contributed by atoms with van der Waals surface area (Å²) in [6.07, 6.45) is 1.61. The maximum atomic E-state index is 13.2. The van der Waals surface area contributed by atoms with Crippen molar-refractivity contribution in [3.8, 4) is 5.88 Å². The second-order valence-electron chi connectivity index (χ2n) is 7.21. The Kier molecular flexibility index (Phi) is 7.59. The van der Waals surface area contributed by atoms with Gasteiger partial charge >= 0.3 is 6.61 Å². The Balaban J connectivity index is 0.00000155. The zero-order chi connectivity index (χ0) is 22.5. The van der Waals surface area contributed by atoms with E-state index < -0.39 is 17.9 Å². The van der Waals surface area contributed by atoms with Gasteiger partial charge in [0, 0.05) is 24.7 Å². The van der Waals surface area contributed by atoms with E-state index in [9.17, 15) is 18.4 Å². The number of pyridine rings is 2. The average molecular weight is 419 g/mol. The number of anilines is 1. The van der Waals surface area contributed by atoms with Crippen LogP contribution in [-0.4, -0.2) is 28.3 Å². The SMILES string of the molecule is CC.Cc1ccc(NC(=O)C2(c3ncccc3C(C)C)CC(=O)C2)c(OC(F)F)n1. The first-order valence-corrected chi connectivity index (χ1v) is 9.94. The minimum atomic E-state index is -3.08. The maximum Gasteiger partial charge on any atom is 0.388 e. The summed E-state index contributed by atoms with van der Waals surface area (Å²) in [6.45, 7) is 6.50. The van der Waals surface area contributed by atoms with Crippen LogP contribution in [0.1, 0.15) is 63.4 Å². The molecule has 0 aromatic carbocycles. The number of carbonyl (C=O) groups excluding carboxylic acids is 2.